The second kappa shape index (κ2) is 6.35. The van der Waals surface area contributed by atoms with E-state index in [0.717, 1.165) is 19.4 Å². The first-order valence-corrected chi connectivity index (χ1v) is 7.14. The highest BCUT2D eigenvalue weighted by atomic mass is 16.2. The van der Waals surface area contributed by atoms with Crippen molar-refractivity contribution in [3.05, 3.63) is 34.9 Å². The average molecular weight is 247 g/mol. The van der Waals surface area contributed by atoms with Crippen LogP contribution >= 0.6 is 0 Å². The number of aryl methyl sites for hydroxylation is 2. The van der Waals surface area contributed by atoms with Crippen molar-refractivity contribution >= 4 is 0 Å². The highest BCUT2D eigenvalue weighted by Crippen LogP contribution is 2.34. The molecule has 1 aromatic carbocycles. The quantitative estimate of drug-likeness (QED) is 0.808. The van der Waals surface area contributed by atoms with Gasteiger partial charge in [-0.15, -0.1) is 0 Å². The van der Waals surface area contributed by atoms with Gasteiger partial charge in [0.05, 0.1) is 0 Å². The Morgan fingerprint density at radius 1 is 1.28 bits per heavy atom. The number of aliphatic hydroxyl groups is 1. The Bertz CT molecular complexity index is 389. The Kier molecular flexibility index (Phi) is 4.79. The lowest BCUT2D eigenvalue weighted by Gasteiger charge is -2.26. The molecule has 1 fully saturated rings. The third-order valence-corrected chi connectivity index (χ3v) is 4.01. The Morgan fingerprint density at radius 2 is 2.11 bits per heavy atom. The summed E-state index contributed by atoms with van der Waals surface area (Å²) in [5, 5.41) is 8.89. The molecule has 0 aliphatic carbocycles. The maximum atomic E-state index is 8.89. The molecule has 1 unspecified atom stereocenters. The Labute approximate surface area is 111 Å². The summed E-state index contributed by atoms with van der Waals surface area (Å²) in [6.45, 7) is 7.05. The third kappa shape index (κ3) is 3.12. The molecule has 2 rings (SSSR count). The van der Waals surface area contributed by atoms with Gasteiger partial charge in [0, 0.05) is 12.6 Å². The second-order valence-electron chi connectivity index (χ2n) is 5.48. The van der Waals surface area contributed by atoms with Gasteiger partial charge in [-0.3, -0.25) is 4.90 Å². The van der Waals surface area contributed by atoms with Crippen molar-refractivity contribution in [1.82, 2.24) is 4.90 Å². The number of aliphatic hydroxyl groups excluding tert-OH is 1. The number of benzene rings is 1. The van der Waals surface area contributed by atoms with Gasteiger partial charge in [-0.2, -0.15) is 0 Å². The fraction of sp³-hybridized carbons (Fsp3) is 0.625. The molecular formula is C16H25NO. The molecule has 0 aromatic heterocycles. The molecule has 1 heterocycles. The summed E-state index contributed by atoms with van der Waals surface area (Å²) >= 11 is 0. The third-order valence-electron chi connectivity index (χ3n) is 4.01. The van der Waals surface area contributed by atoms with E-state index < -0.39 is 0 Å². The molecule has 1 saturated heterocycles. The van der Waals surface area contributed by atoms with Crippen LogP contribution in [0.1, 0.15) is 48.4 Å². The lowest BCUT2D eigenvalue weighted by atomic mass is 9.97. The first kappa shape index (κ1) is 13.6. The van der Waals surface area contributed by atoms with Crippen LogP contribution in [0.5, 0.6) is 0 Å². The van der Waals surface area contributed by atoms with E-state index in [1.54, 1.807) is 0 Å². The molecule has 0 radical (unpaired) electrons. The van der Waals surface area contributed by atoms with Crippen molar-refractivity contribution in [2.75, 3.05) is 19.7 Å². The average Bonchev–Trinajstić information content (AvgIpc) is 2.81. The van der Waals surface area contributed by atoms with E-state index >= 15 is 0 Å². The van der Waals surface area contributed by atoms with Crippen LogP contribution in [0.2, 0.25) is 0 Å². The van der Waals surface area contributed by atoms with Crippen LogP contribution in [-0.2, 0) is 0 Å². The van der Waals surface area contributed by atoms with Crippen molar-refractivity contribution in [2.24, 2.45) is 0 Å². The second-order valence-corrected chi connectivity index (χ2v) is 5.48. The van der Waals surface area contributed by atoms with E-state index in [4.69, 9.17) is 5.11 Å². The molecule has 1 aliphatic heterocycles. The van der Waals surface area contributed by atoms with E-state index in [2.05, 4.69) is 36.9 Å². The molecule has 0 bridgehead atoms. The Hall–Kier alpha value is -0.860. The summed E-state index contributed by atoms with van der Waals surface area (Å²) < 4.78 is 0. The molecule has 2 heteroatoms. The normalized spacial score (nSPS) is 20.5. The molecular weight excluding hydrogens is 222 g/mol. The van der Waals surface area contributed by atoms with Crippen LogP contribution in [0, 0.1) is 13.8 Å². The fourth-order valence-electron chi connectivity index (χ4n) is 2.99. The van der Waals surface area contributed by atoms with Crippen LogP contribution in [0.25, 0.3) is 0 Å². The summed E-state index contributed by atoms with van der Waals surface area (Å²) in [5.41, 5.74) is 4.29. The smallest absolute Gasteiger partial charge is 0.0431 e. The molecule has 1 atom stereocenters. The van der Waals surface area contributed by atoms with Crippen molar-refractivity contribution < 1.29 is 5.11 Å². The minimum atomic E-state index is 0.321. The molecule has 2 nitrogen and oxygen atoms in total. The number of nitrogens with zero attached hydrogens (tertiary/aromatic N) is 1. The van der Waals surface area contributed by atoms with E-state index in [-0.39, 0.29) is 0 Å². The van der Waals surface area contributed by atoms with Crippen LogP contribution in [0.4, 0.5) is 0 Å². The standard InChI is InChI=1S/C16H25NO/c1-13-7-8-14(2)15(12-13)16-6-5-10-17(16)9-3-4-11-18/h7-8,12,16,18H,3-6,9-11H2,1-2H3. The molecule has 0 saturated carbocycles. The van der Waals surface area contributed by atoms with Gasteiger partial charge in [0.1, 0.15) is 0 Å². The maximum Gasteiger partial charge on any atom is 0.0431 e. The van der Waals surface area contributed by atoms with E-state index in [1.807, 2.05) is 0 Å². The van der Waals surface area contributed by atoms with E-state index in [9.17, 15) is 0 Å². The van der Waals surface area contributed by atoms with Gasteiger partial charge in [-0.25, -0.2) is 0 Å². The SMILES string of the molecule is Cc1ccc(C)c(C2CCCN2CCCCO)c1. The minimum Gasteiger partial charge on any atom is -0.396 e. The summed E-state index contributed by atoms with van der Waals surface area (Å²) in [6, 6.07) is 7.40. The van der Waals surface area contributed by atoms with E-state index in [0.29, 0.717) is 12.6 Å². The summed E-state index contributed by atoms with van der Waals surface area (Å²) in [4.78, 5) is 2.59. The number of rotatable bonds is 5. The Morgan fingerprint density at radius 3 is 2.89 bits per heavy atom. The molecule has 100 valence electrons. The lowest BCUT2D eigenvalue weighted by molar-refractivity contribution is 0.230. The first-order valence-electron chi connectivity index (χ1n) is 7.14. The van der Waals surface area contributed by atoms with Gasteiger partial charge >= 0.3 is 0 Å². The molecule has 0 amide bonds. The summed E-state index contributed by atoms with van der Waals surface area (Å²) in [5.74, 6) is 0. The van der Waals surface area contributed by atoms with Crippen LogP contribution in [0.15, 0.2) is 18.2 Å². The van der Waals surface area contributed by atoms with Crippen molar-refractivity contribution in [3.8, 4) is 0 Å². The first-order chi connectivity index (χ1) is 8.72. The predicted octanol–water partition coefficient (Wildman–Crippen LogP) is 3.21. The molecule has 18 heavy (non-hydrogen) atoms. The van der Waals surface area contributed by atoms with Gasteiger partial charge in [0.2, 0.25) is 0 Å². The summed E-state index contributed by atoms with van der Waals surface area (Å²) in [7, 11) is 0. The predicted molar refractivity (Wildman–Crippen MR) is 75.8 cm³/mol. The number of hydrogen-bond acceptors (Lipinski definition) is 2. The monoisotopic (exact) mass is 247 g/mol. The minimum absolute atomic E-state index is 0.321. The largest absolute Gasteiger partial charge is 0.396 e. The zero-order chi connectivity index (χ0) is 13.0. The molecule has 1 aromatic rings. The zero-order valence-corrected chi connectivity index (χ0v) is 11.7. The van der Waals surface area contributed by atoms with Gasteiger partial charge in [0.15, 0.2) is 0 Å². The van der Waals surface area contributed by atoms with Crippen molar-refractivity contribution in [2.45, 2.75) is 45.6 Å². The van der Waals surface area contributed by atoms with Crippen LogP contribution in [0.3, 0.4) is 0 Å². The highest BCUT2D eigenvalue weighted by Gasteiger charge is 2.26. The van der Waals surface area contributed by atoms with Crippen LogP contribution in [-0.4, -0.2) is 29.7 Å². The highest BCUT2D eigenvalue weighted by molar-refractivity contribution is 5.33. The van der Waals surface area contributed by atoms with Gasteiger partial charge < -0.3 is 5.11 Å². The lowest BCUT2D eigenvalue weighted by Crippen LogP contribution is -2.25. The maximum absolute atomic E-state index is 8.89. The van der Waals surface area contributed by atoms with Crippen molar-refractivity contribution in [1.29, 1.82) is 0 Å². The fourth-order valence-corrected chi connectivity index (χ4v) is 2.99. The van der Waals surface area contributed by atoms with Crippen molar-refractivity contribution in [3.63, 3.8) is 0 Å². The molecule has 0 spiro atoms. The van der Waals surface area contributed by atoms with Gasteiger partial charge in [-0.05, 0) is 63.7 Å². The van der Waals surface area contributed by atoms with E-state index in [1.165, 1.54) is 36.1 Å². The number of hydrogen-bond donors (Lipinski definition) is 1. The number of unbranched alkanes of at least 4 members (excludes halogenated alkanes) is 1. The molecule has 1 N–H and O–H groups in total. The Balaban J connectivity index is 2.08. The molecule has 1 aliphatic rings. The van der Waals surface area contributed by atoms with Gasteiger partial charge in [-0.1, -0.05) is 23.8 Å². The van der Waals surface area contributed by atoms with Gasteiger partial charge in [0.25, 0.3) is 0 Å². The topological polar surface area (TPSA) is 23.5 Å². The number of likely N-dealkylation sites (tertiary alicyclic amines) is 1. The zero-order valence-electron chi connectivity index (χ0n) is 11.7. The summed E-state index contributed by atoms with van der Waals surface area (Å²) in [6.07, 6.45) is 4.62. The van der Waals surface area contributed by atoms with Crippen LogP contribution < -0.4 is 0 Å².